The number of carbonyl (C=O) groups excluding carboxylic acids is 1. The number of halogens is 1. The van der Waals surface area contributed by atoms with E-state index in [2.05, 4.69) is 26.2 Å². The van der Waals surface area contributed by atoms with Crippen LogP contribution < -0.4 is 5.32 Å². The predicted octanol–water partition coefficient (Wildman–Crippen LogP) is 2.68. The lowest BCUT2D eigenvalue weighted by molar-refractivity contribution is 0.0951. The highest BCUT2D eigenvalue weighted by Crippen LogP contribution is 2.20. The van der Waals surface area contributed by atoms with Crippen LogP contribution in [0.2, 0.25) is 0 Å². The van der Waals surface area contributed by atoms with Crippen molar-refractivity contribution in [3.05, 3.63) is 34.4 Å². The Morgan fingerprint density at radius 3 is 3.00 bits per heavy atom. The van der Waals surface area contributed by atoms with Gasteiger partial charge in [-0.1, -0.05) is 15.9 Å². The molecule has 0 unspecified atom stereocenters. The van der Waals surface area contributed by atoms with Gasteiger partial charge < -0.3 is 10.3 Å². The number of aromatic amines is 1. The van der Waals surface area contributed by atoms with E-state index in [0.29, 0.717) is 12.2 Å². The van der Waals surface area contributed by atoms with Crippen LogP contribution in [0, 0.1) is 0 Å². The summed E-state index contributed by atoms with van der Waals surface area (Å²) in [6, 6.07) is 7.72. The van der Waals surface area contributed by atoms with Crippen LogP contribution in [0.1, 0.15) is 17.4 Å². The van der Waals surface area contributed by atoms with Crippen LogP contribution in [-0.2, 0) is 0 Å². The van der Waals surface area contributed by atoms with Gasteiger partial charge in [0.2, 0.25) is 0 Å². The highest BCUT2D eigenvalue weighted by molar-refractivity contribution is 9.10. The molecule has 0 fully saturated rings. The monoisotopic (exact) mass is 266 g/mol. The number of fused-ring (bicyclic) bond motifs is 1. The average molecular weight is 267 g/mol. The quantitative estimate of drug-likeness (QED) is 0.863. The van der Waals surface area contributed by atoms with Gasteiger partial charge in [0.1, 0.15) is 5.69 Å². The summed E-state index contributed by atoms with van der Waals surface area (Å²) in [5, 5.41) is 3.79. The molecule has 0 aliphatic carbocycles. The first-order chi connectivity index (χ1) is 7.20. The molecular formula is C11H11BrN2O. The summed E-state index contributed by atoms with van der Waals surface area (Å²) in [7, 11) is 0. The van der Waals surface area contributed by atoms with Crippen molar-refractivity contribution in [2.45, 2.75) is 6.92 Å². The number of hydrogen-bond acceptors (Lipinski definition) is 1. The summed E-state index contributed by atoms with van der Waals surface area (Å²) >= 11 is 3.39. The summed E-state index contributed by atoms with van der Waals surface area (Å²) in [6.45, 7) is 2.54. The summed E-state index contributed by atoms with van der Waals surface area (Å²) in [5.41, 5.74) is 1.57. The van der Waals surface area contributed by atoms with Crippen molar-refractivity contribution in [2.24, 2.45) is 0 Å². The lowest BCUT2D eigenvalue weighted by atomic mass is 10.2. The van der Waals surface area contributed by atoms with Gasteiger partial charge >= 0.3 is 0 Å². The maximum Gasteiger partial charge on any atom is 0.267 e. The lowest BCUT2D eigenvalue weighted by Crippen LogP contribution is -2.22. The standard InChI is InChI=1S/C11H11BrN2O/c1-2-13-11(15)10-6-7-5-8(12)3-4-9(7)14-10/h3-6,14H,2H2,1H3,(H,13,15). The van der Waals surface area contributed by atoms with E-state index in [4.69, 9.17) is 0 Å². The molecule has 0 bridgehead atoms. The third-order valence-corrected chi connectivity index (χ3v) is 2.66. The second-order valence-corrected chi connectivity index (χ2v) is 4.19. The molecule has 15 heavy (non-hydrogen) atoms. The number of nitrogens with one attached hydrogen (secondary N) is 2. The molecule has 1 amide bonds. The molecule has 0 aliphatic heterocycles. The molecular weight excluding hydrogens is 256 g/mol. The van der Waals surface area contributed by atoms with Gasteiger partial charge in [0.25, 0.3) is 5.91 Å². The zero-order valence-corrected chi connectivity index (χ0v) is 9.89. The highest BCUT2D eigenvalue weighted by atomic mass is 79.9. The molecule has 1 aromatic heterocycles. The molecule has 0 radical (unpaired) electrons. The molecule has 0 saturated heterocycles. The van der Waals surface area contributed by atoms with Crippen LogP contribution in [0.5, 0.6) is 0 Å². The van der Waals surface area contributed by atoms with Crippen molar-refractivity contribution in [1.82, 2.24) is 10.3 Å². The van der Waals surface area contributed by atoms with Gasteiger partial charge in [-0.15, -0.1) is 0 Å². The van der Waals surface area contributed by atoms with Crippen LogP contribution in [-0.4, -0.2) is 17.4 Å². The molecule has 0 saturated carbocycles. The van der Waals surface area contributed by atoms with Gasteiger partial charge in [-0.2, -0.15) is 0 Å². The second kappa shape index (κ2) is 4.06. The van der Waals surface area contributed by atoms with Gasteiger partial charge in [-0.05, 0) is 31.2 Å². The largest absolute Gasteiger partial charge is 0.351 e. The Morgan fingerprint density at radius 2 is 2.27 bits per heavy atom. The van der Waals surface area contributed by atoms with E-state index < -0.39 is 0 Å². The molecule has 78 valence electrons. The Morgan fingerprint density at radius 1 is 1.47 bits per heavy atom. The van der Waals surface area contributed by atoms with E-state index in [1.807, 2.05) is 31.2 Å². The fourth-order valence-corrected chi connectivity index (χ4v) is 1.86. The number of amides is 1. The molecule has 2 rings (SSSR count). The number of rotatable bonds is 2. The molecule has 0 atom stereocenters. The Hall–Kier alpha value is -1.29. The number of H-pyrrole nitrogens is 1. The van der Waals surface area contributed by atoms with Crippen LogP contribution in [0.25, 0.3) is 10.9 Å². The van der Waals surface area contributed by atoms with E-state index in [1.165, 1.54) is 0 Å². The maximum absolute atomic E-state index is 11.5. The Balaban J connectivity index is 2.42. The van der Waals surface area contributed by atoms with Crippen LogP contribution in [0.4, 0.5) is 0 Å². The molecule has 1 heterocycles. The third kappa shape index (κ3) is 2.04. The number of hydrogen-bond donors (Lipinski definition) is 2. The minimum atomic E-state index is -0.0650. The van der Waals surface area contributed by atoms with E-state index >= 15 is 0 Å². The first kappa shape index (κ1) is 10.2. The van der Waals surface area contributed by atoms with Crippen molar-refractivity contribution in [2.75, 3.05) is 6.54 Å². The Labute approximate surface area is 96.0 Å². The minimum Gasteiger partial charge on any atom is -0.351 e. The third-order valence-electron chi connectivity index (χ3n) is 2.16. The molecule has 0 aliphatic rings. The number of benzene rings is 1. The van der Waals surface area contributed by atoms with Crippen LogP contribution in [0.3, 0.4) is 0 Å². The van der Waals surface area contributed by atoms with Crippen LogP contribution in [0.15, 0.2) is 28.7 Å². The smallest absolute Gasteiger partial charge is 0.267 e. The van der Waals surface area contributed by atoms with Gasteiger partial charge in [-0.3, -0.25) is 4.79 Å². The summed E-state index contributed by atoms with van der Waals surface area (Å²) in [5.74, 6) is -0.0650. The van der Waals surface area contributed by atoms with Crippen molar-refractivity contribution < 1.29 is 4.79 Å². The fraction of sp³-hybridized carbons (Fsp3) is 0.182. The SMILES string of the molecule is CCNC(=O)c1cc2cc(Br)ccc2[nH]1. The molecule has 2 aromatic rings. The minimum absolute atomic E-state index is 0.0650. The summed E-state index contributed by atoms with van der Waals surface area (Å²) in [6.07, 6.45) is 0. The summed E-state index contributed by atoms with van der Waals surface area (Å²) < 4.78 is 1.01. The first-order valence-electron chi connectivity index (χ1n) is 4.77. The zero-order chi connectivity index (χ0) is 10.8. The van der Waals surface area contributed by atoms with Gasteiger partial charge in [0.05, 0.1) is 0 Å². The maximum atomic E-state index is 11.5. The van der Waals surface area contributed by atoms with Crippen molar-refractivity contribution in [1.29, 1.82) is 0 Å². The average Bonchev–Trinajstić information content (AvgIpc) is 2.60. The molecule has 0 spiro atoms. The van der Waals surface area contributed by atoms with Gasteiger partial charge in [0, 0.05) is 21.9 Å². The Kier molecular flexibility index (Phi) is 2.77. The summed E-state index contributed by atoms with van der Waals surface area (Å²) in [4.78, 5) is 14.6. The molecule has 3 nitrogen and oxygen atoms in total. The molecule has 4 heteroatoms. The van der Waals surface area contributed by atoms with Crippen molar-refractivity contribution >= 4 is 32.7 Å². The number of carbonyl (C=O) groups is 1. The van der Waals surface area contributed by atoms with Crippen LogP contribution >= 0.6 is 15.9 Å². The van der Waals surface area contributed by atoms with Gasteiger partial charge in [0.15, 0.2) is 0 Å². The normalized spacial score (nSPS) is 10.5. The van der Waals surface area contributed by atoms with Gasteiger partial charge in [-0.25, -0.2) is 0 Å². The van der Waals surface area contributed by atoms with E-state index in [-0.39, 0.29) is 5.91 Å². The van der Waals surface area contributed by atoms with Crippen molar-refractivity contribution in [3.8, 4) is 0 Å². The van der Waals surface area contributed by atoms with E-state index in [1.54, 1.807) is 0 Å². The zero-order valence-electron chi connectivity index (χ0n) is 8.30. The van der Waals surface area contributed by atoms with E-state index in [9.17, 15) is 4.79 Å². The predicted molar refractivity (Wildman–Crippen MR) is 64.0 cm³/mol. The van der Waals surface area contributed by atoms with Crippen molar-refractivity contribution in [3.63, 3.8) is 0 Å². The lowest BCUT2D eigenvalue weighted by Gasteiger charge is -1.96. The Bertz CT molecular complexity index is 504. The first-order valence-corrected chi connectivity index (χ1v) is 5.56. The number of aromatic nitrogens is 1. The fourth-order valence-electron chi connectivity index (χ4n) is 1.48. The molecule has 1 aromatic carbocycles. The van der Waals surface area contributed by atoms with E-state index in [0.717, 1.165) is 15.4 Å². The second-order valence-electron chi connectivity index (χ2n) is 3.27. The molecule has 2 N–H and O–H groups in total. The topological polar surface area (TPSA) is 44.9 Å². The highest BCUT2D eigenvalue weighted by Gasteiger charge is 2.07.